The molecule has 3 N–H and O–H groups in total. The number of anilines is 3. The van der Waals surface area contributed by atoms with Gasteiger partial charge in [-0.15, -0.1) is 16.8 Å². The van der Waals surface area contributed by atoms with Gasteiger partial charge in [0.25, 0.3) is 0 Å². The van der Waals surface area contributed by atoms with E-state index in [0.29, 0.717) is 24.1 Å². The average Bonchev–Trinajstić information content (AvgIpc) is 3.17. The van der Waals surface area contributed by atoms with Gasteiger partial charge >= 0.3 is 0 Å². The van der Waals surface area contributed by atoms with Crippen molar-refractivity contribution in [2.75, 3.05) is 11.1 Å². The molecule has 8 nitrogen and oxygen atoms in total. The van der Waals surface area contributed by atoms with Gasteiger partial charge < -0.3 is 11.1 Å². The zero-order valence-corrected chi connectivity index (χ0v) is 17.9. The molecule has 0 unspecified atom stereocenters. The quantitative estimate of drug-likeness (QED) is 0.316. The zero-order chi connectivity index (χ0) is 21.6. The molecule has 2 heterocycles. The molecule has 9 heteroatoms. The molecule has 0 spiro atoms. The number of nitrogen functional groups attached to an aromatic ring is 1. The van der Waals surface area contributed by atoms with Crippen LogP contribution in [0.15, 0.2) is 72.4 Å². The van der Waals surface area contributed by atoms with Crippen LogP contribution in [0.25, 0.3) is 11.4 Å². The van der Waals surface area contributed by atoms with E-state index in [1.807, 2.05) is 72.2 Å². The van der Waals surface area contributed by atoms with Crippen LogP contribution in [0.1, 0.15) is 11.4 Å². The van der Waals surface area contributed by atoms with Crippen LogP contribution in [0.4, 0.5) is 17.6 Å². The Morgan fingerprint density at radius 2 is 1.81 bits per heavy atom. The Morgan fingerprint density at radius 3 is 2.58 bits per heavy atom. The minimum Gasteiger partial charge on any atom is -0.368 e. The fraction of sp³-hybridized carbons (Fsp3) is 0.136. The third kappa shape index (κ3) is 4.89. The van der Waals surface area contributed by atoms with Crippen LogP contribution in [0, 0.1) is 6.92 Å². The first-order valence-corrected chi connectivity index (χ1v) is 10.7. The first kappa shape index (κ1) is 20.5. The fourth-order valence-corrected chi connectivity index (χ4v) is 3.81. The lowest BCUT2D eigenvalue weighted by Crippen LogP contribution is -2.07. The molecule has 0 aliphatic rings. The number of aryl methyl sites for hydroxylation is 1. The molecule has 0 atom stereocenters. The second-order valence-corrected chi connectivity index (χ2v) is 7.68. The number of nitrogens with one attached hydrogen (secondary N) is 1. The largest absolute Gasteiger partial charge is 0.368 e. The van der Waals surface area contributed by atoms with Gasteiger partial charge in [-0.05, 0) is 18.6 Å². The van der Waals surface area contributed by atoms with Crippen molar-refractivity contribution in [1.29, 1.82) is 0 Å². The van der Waals surface area contributed by atoms with Crippen LogP contribution >= 0.6 is 11.8 Å². The summed E-state index contributed by atoms with van der Waals surface area (Å²) in [5.41, 5.74) is 8.93. The van der Waals surface area contributed by atoms with Crippen molar-refractivity contribution < 1.29 is 0 Å². The number of hydrogen-bond acceptors (Lipinski definition) is 8. The molecule has 0 radical (unpaired) electrons. The molecular weight excluding hydrogens is 408 g/mol. The Morgan fingerprint density at radius 1 is 1.03 bits per heavy atom. The molecule has 31 heavy (non-hydrogen) atoms. The van der Waals surface area contributed by atoms with E-state index in [0.717, 1.165) is 27.8 Å². The summed E-state index contributed by atoms with van der Waals surface area (Å²) in [6, 6.07) is 17.9. The number of nitrogens with zero attached hydrogens (tertiary/aromatic N) is 6. The van der Waals surface area contributed by atoms with Crippen LogP contribution < -0.4 is 11.1 Å². The lowest BCUT2D eigenvalue weighted by molar-refractivity contribution is 0.730. The van der Waals surface area contributed by atoms with E-state index in [-0.39, 0.29) is 5.95 Å². The van der Waals surface area contributed by atoms with Crippen molar-refractivity contribution in [2.24, 2.45) is 0 Å². The number of hydrogen-bond donors (Lipinski definition) is 2. The molecule has 156 valence electrons. The summed E-state index contributed by atoms with van der Waals surface area (Å²) in [5.74, 6) is 2.40. The number of thioether (sulfide) groups is 1. The number of nitrogens with two attached hydrogens (primary N) is 1. The molecule has 0 saturated heterocycles. The lowest BCUT2D eigenvalue weighted by atomic mass is 10.2. The Labute approximate surface area is 184 Å². The molecule has 0 bridgehead atoms. The minimum absolute atomic E-state index is 0.166. The molecule has 0 aliphatic heterocycles. The standard InChI is InChI=1S/C22H22N8S/c1-3-13-30-19(16-10-5-4-6-11-16)28-29-22(30)31-14-18-25-20(23)27-21(26-18)24-17-12-8-7-9-15(17)2/h3-12H,1,13-14H2,2H3,(H3,23,24,25,26,27). The van der Waals surface area contributed by atoms with Crippen LogP contribution in [-0.4, -0.2) is 29.7 Å². The third-order valence-electron chi connectivity index (χ3n) is 4.48. The summed E-state index contributed by atoms with van der Waals surface area (Å²) in [6.07, 6.45) is 1.82. The highest BCUT2D eigenvalue weighted by Crippen LogP contribution is 2.26. The highest BCUT2D eigenvalue weighted by molar-refractivity contribution is 7.98. The van der Waals surface area contributed by atoms with Crippen molar-refractivity contribution in [2.45, 2.75) is 24.4 Å². The molecule has 0 amide bonds. The molecule has 4 aromatic rings. The average molecular weight is 431 g/mol. The maximum absolute atomic E-state index is 5.92. The highest BCUT2D eigenvalue weighted by Gasteiger charge is 2.15. The zero-order valence-electron chi connectivity index (χ0n) is 17.1. The predicted octanol–water partition coefficient (Wildman–Crippen LogP) is 4.24. The molecule has 0 aliphatic carbocycles. The Kier molecular flexibility index (Phi) is 6.23. The normalized spacial score (nSPS) is 10.7. The molecular formula is C22H22N8S. The molecule has 2 aromatic carbocycles. The predicted molar refractivity (Wildman–Crippen MR) is 124 cm³/mol. The van der Waals surface area contributed by atoms with Crippen LogP contribution in [-0.2, 0) is 12.3 Å². The molecule has 0 fully saturated rings. The van der Waals surface area contributed by atoms with Gasteiger partial charge in [0.05, 0.1) is 5.75 Å². The van der Waals surface area contributed by atoms with E-state index in [1.165, 1.54) is 11.8 Å². The first-order valence-electron chi connectivity index (χ1n) is 9.69. The maximum Gasteiger partial charge on any atom is 0.232 e. The summed E-state index contributed by atoms with van der Waals surface area (Å²) >= 11 is 1.49. The van der Waals surface area contributed by atoms with E-state index in [2.05, 4.69) is 37.0 Å². The van der Waals surface area contributed by atoms with Gasteiger partial charge in [0, 0.05) is 17.8 Å². The maximum atomic E-state index is 5.92. The van der Waals surface area contributed by atoms with Gasteiger partial charge in [0.2, 0.25) is 11.9 Å². The number of benzene rings is 2. The second kappa shape index (κ2) is 9.40. The monoisotopic (exact) mass is 430 g/mol. The van der Waals surface area contributed by atoms with E-state index in [4.69, 9.17) is 5.73 Å². The minimum atomic E-state index is 0.166. The van der Waals surface area contributed by atoms with Gasteiger partial charge in [0.15, 0.2) is 11.0 Å². The van der Waals surface area contributed by atoms with Crippen LogP contribution in [0.5, 0.6) is 0 Å². The van der Waals surface area contributed by atoms with Gasteiger partial charge in [0.1, 0.15) is 5.82 Å². The molecule has 2 aromatic heterocycles. The highest BCUT2D eigenvalue weighted by atomic mass is 32.2. The summed E-state index contributed by atoms with van der Waals surface area (Å²) < 4.78 is 2.02. The fourth-order valence-electron chi connectivity index (χ4n) is 3.01. The lowest BCUT2D eigenvalue weighted by Gasteiger charge is -2.10. The smallest absolute Gasteiger partial charge is 0.232 e. The number of para-hydroxylation sites is 1. The van der Waals surface area contributed by atoms with Crippen molar-refractivity contribution in [1.82, 2.24) is 29.7 Å². The van der Waals surface area contributed by atoms with Crippen molar-refractivity contribution >= 4 is 29.3 Å². The van der Waals surface area contributed by atoms with Crippen molar-refractivity contribution in [3.63, 3.8) is 0 Å². The number of rotatable bonds is 8. The van der Waals surface area contributed by atoms with E-state index in [9.17, 15) is 0 Å². The van der Waals surface area contributed by atoms with Gasteiger partial charge in [-0.3, -0.25) is 4.57 Å². The first-order chi connectivity index (χ1) is 15.1. The Balaban J connectivity index is 1.54. The summed E-state index contributed by atoms with van der Waals surface area (Å²) in [7, 11) is 0. The van der Waals surface area contributed by atoms with Crippen LogP contribution in [0.3, 0.4) is 0 Å². The number of aromatic nitrogens is 6. The SMILES string of the molecule is C=CCn1c(SCc2nc(N)nc(Nc3ccccc3C)n2)nnc1-c1ccccc1. The van der Waals surface area contributed by atoms with Gasteiger partial charge in [-0.25, -0.2) is 0 Å². The van der Waals surface area contributed by atoms with E-state index in [1.54, 1.807) is 0 Å². The summed E-state index contributed by atoms with van der Waals surface area (Å²) in [5, 5.41) is 12.7. The van der Waals surface area contributed by atoms with E-state index < -0.39 is 0 Å². The molecule has 4 rings (SSSR count). The Hall–Kier alpha value is -3.72. The van der Waals surface area contributed by atoms with Crippen molar-refractivity contribution in [3.8, 4) is 11.4 Å². The van der Waals surface area contributed by atoms with Crippen LogP contribution in [0.2, 0.25) is 0 Å². The summed E-state index contributed by atoms with van der Waals surface area (Å²) in [4.78, 5) is 13.0. The number of allylic oxidation sites excluding steroid dienone is 1. The topological polar surface area (TPSA) is 107 Å². The van der Waals surface area contributed by atoms with Gasteiger partial charge in [-0.1, -0.05) is 66.4 Å². The summed E-state index contributed by atoms with van der Waals surface area (Å²) in [6.45, 7) is 6.47. The third-order valence-corrected chi connectivity index (χ3v) is 5.44. The Bertz CT molecular complexity index is 1190. The molecule has 0 saturated carbocycles. The van der Waals surface area contributed by atoms with Crippen molar-refractivity contribution in [3.05, 3.63) is 78.6 Å². The second-order valence-electron chi connectivity index (χ2n) is 6.73. The van der Waals surface area contributed by atoms with E-state index >= 15 is 0 Å². The van der Waals surface area contributed by atoms with Gasteiger partial charge in [-0.2, -0.15) is 15.0 Å².